The first-order valence-electron chi connectivity index (χ1n) is 5.29. The Labute approximate surface area is 95.0 Å². The molecule has 1 rings (SSSR count). The second-order valence-corrected chi connectivity index (χ2v) is 4.19. The second kappa shape index (κ2) is 6.63. The summed E-state index contributed by atoms with van der Waals surface area (Å²) in [7, 11) is 0. The fourth-order valence-corrected chi connectivity index (χ4v) is 1.83. The Bertz CT molecular complexity index is 288. The van der Waals surface area contributed by atoms with Crippen molar-refractivity contribution in [2.24, 2.45) is 0 Å². The van der Waals surface area contributed by atoms with Crippen molar-refractivity contribution in [1.29, 1.82) is 0 Å². The van der Waals surface area contributed by atoms with Gasteiger partial charge >= 0.3 is 0 Å². The topological polar surface area (TPSA) is 60.2 Å². The number of rotatable bonds is 7. The van der Waals surface area contributed by atoms with Gasteiger partial charge in [-0.25, -0.2) is 0 Å². The van der Waals surface area contributed by atoms with E-state index in [2.05, 4.69) is 16.6 Å². The van der Waals surface area contributed by atoms with Crippen LogP contribution in [0, 0.1) is 6.92 Å². The molecule has 0 saturated heterocycles. The van der Waals surface area contributed by atoms with Gasteiger partial charge in [-0.1, -0.05) is 13.3 Å². The summed E-state index contributed by atoms with van der Waals surface area (Å²) < 4.78 is 9.49. The summed E-state index contributed by atoms with van der Waals surface area (Å²) in [4.78, 5) is 0. The van der Waals surface area contributed by atoms with Crippen molar-refractivity contribution in [2.75, 3.05) is 30.8 Å². The quantitative estimate of drug-likeness (QED) is 0.704. The van der Waals surface area contributed by atoms with Crippen LogP contribution in [0.1, 0.15) is 25.3 Å². The lowest BCUT2D eigenvalue weighted by molar-refractivity contribution is 0.141. The van der Waals surface area contributed by atoms with E-state index in [4.69, 9.17) is 10.5 Å². The molecule has 15 heavy (non-hydrogen) atoms. The Morgan fingerprint density at radius 2 is 2.27 bits per heavy atom. The zero-order valence-corrected chi connectivity index (χ0v) is 10.2. The van der Waals surface area contributed by atoms with Gasteiger partial charge in [0.15, 0.2) is 0 Å². The van der Waals surface area contributed by atoms with Crippen molar-refractivity contribution in [2.45, 2.75) is 26.7 Å². The Kier molecular flexibility index (Phi) is 5.42. The largest absolute Gasteiger partial charge is 0.383 e. The van der Waals surface area contributed by atoms with Crippen LogP contribution in [0.3, 0.4) is 0 Å². The molecule has 0 amide bonds. The van der Waals surface area contributed by atoms with Crippen LogP contribution in [0.4, 0.5) is 10.8 Å². The van der Waals surface area contributed by atoms with Gasteiger partial charge in [-0.15, -0.1) is 0 Å². The summed E-state index contributed by atoms with van der Waals surface area (Å²) in [5.41, 5.74) is 6.67. The highest BCUT2D eigenvalue weighted by Gasteiger charge is 2.04. The van der Waals surface area contributed by atoms with Crippen LogP contribution in [0.15, 0.2) is 0 Å². The molecule has 1 aromatic rings. The van der Waals surface area contributed by atoms with Gasteiger partial charge in [0.25, 0.3) is 0 Å². The highest BCUT2D eigenvalue weighted by Crippen LogP contribution is 2.24. The minimum atomic E-state index is 0.620. The fraction of sp³-hybridized carbons (Fsp3) is 0.700. The third-order valence-corrected chi connectivity index (χ3v) is 3.06. The Morgan fingerprint density at radius 3 is 2.87 bits per heavy atom. The lowest BCUT2D eigenvalue weighted by atomic mass is 10.3. The number of nitrogen functional groups attached to an aromatic ring is 1. The second-order valence-electron chi connectivity index (χ2n) is 3.41. The lowest BCUT2D eigenvalue weighted by Crippen LogP contribution is -2.09. The smallest absolute Gasteiger partial charge is 0.142 e. The number of nitrogens with one attached hydrogen (secondary N) is 1. The third kappa shape index (κ3) is 4.05. The molecule has 3 N–H and O–H groups in total. The van der Waals surface area contributed by atoms with E-state index in [-0.39, 0.29) is 0 Å². The number of ether oxygens (including phenoxy) is 1. The van der Waals surface area contributed by atoms with Crippen LogP contribution >= 0.6 is 11.5 Å². The molecule has 0 aromatic carbocycles. The molecule has 0 aliphatic heterocycles. The molecule has 4 nitrogen and oxygen atoms in total. The van der Waals surface area contributed by atoms with E-state index in [0.717, 1.165) is 36.7 Å². The number of aromatic nitrogens is 1. The van der Waals surface area contributed by atoms with E-state index in [0.29, 0.717) is 5.82 Å². The molecule has 0 saturated carbocycles. The van der Waals surface area contributed by atoms with Gasteiger partial charge in [-0.05, 0) is 24.9 Å². The molecule has 5 heteroatoms. The summed E-state index contributed by atoms with van der Waals surface area (Å²) in [6, 6.07) is 0. The van der Waals surface area contributed by atoms with E-state index in [9.17, 15) is 0 Å². The molecule has 0 spiro atoms. The Balaban J connectivity index is 2.12. The third-order valence-electron chi connectivity index (χ3n) is 2.13. The van der Waals surface area contributed by atoms with Crippen LogP contribution in [0.5, 0.6) is 0 Å². The number of hydrogen-bond acceptors (Lipinski definition) is 5. The van der Waals surface area contributed by atoms with E-state index in [1.165, 1.54) is 18.0 Å². The summed E-state index contributed by atoms with van der Waals surface area (Å²) in [5, 5.41) is 4.31. The molecular weight excluding hydrogens is 210 g/mol. The highest BCUT2D eigenvalue weighted by molar-refractivity contribution is 7.10. The maximum atomic E-state index is 5.64. The van der Waals surface area contributed by atoms with Gasteiger partial charge in [0, 0.05) is 18.7 Å². The van der Waals surface area contributed by atoms with Crippen LogP contribution in [-0.4, -0.2) is 24.1 Å². The number of nitrogens with zero attached hydrogens (tertiary/aromatic N) is 1. The van der Waals surface area contributed by atoms with Crippen LogP contribution < -0.4 is 11.1 Å². The minimum absolute atomic E-state index is 0.620. The fourth-order valence-electron chi connectivity index (χ4n) is 1.10. The van der Waals surface area contributed by atoms with Crippen molar-refractivity contribution in [3.63, 3.8) is 0 Å². The number of unbranched alkanes of at least 4 members (excludes halogenated alkanes) is 1. The lowest BCUT2D eigenvalue weighted by Gasteiger charge is -2.05. The zero-order valence-electron chi connectivity index (χ0n) is 9.38. The van der Waals surface area contributed by atoms with Gasteiger partial charge in [-0.3, -0.25) is 0 Å². The standard InChI is InChI=1S/C10H19N3OS/c1-3-4-6-14-7-5-12-10-8(2)9(11)13-15-10/h12H,3-7H2,1-2H3,(H2,11,13). The molecule has 0 unspecified atom stereocenters. The molecule has 0 radical (unpaired) electrons. The van der Waals surface area contributed by atoms with Gasteiger partial charge in [0.2, 0.25) is 0 Å². The monoisotopic (exact) mass is 229 g/mol. The molecule has 1 heterocycles. The van der Waals surface area contributed by atoms with Crippen molar-refractivity contribution in [1.82, 2.24) is 4.37 Å². The number of nitrogens with two attached hydrogens (primary N) is 1. The molecule has 0 bridgehead atoms. The Morgan fingerprint density at radius 1 is 1.47 bits per heavy atom. The maximum Gasteiger partial charge on any atom is 0.142 e. The summed E-state index contributed by atoms with van der Waals surface area (Å²) in [6.45, 7) is 6.52. The molecule has 0 fully saturated rings. The van der Waals surface area contributed by atoms with Crippen molar-refractivity contribution in [3.8, 4) is 0 Å². The van der Waals surface area contributed by atoms with Crippen LogP contribution in [0.2, 0.25) is 0 Å². The molecule has 0 aliphatic carbocycles. The number of hydrogen-bond donors (Lipinski definition) is 2. The predicted octanol–water partition coefficient (Wildman–Crippen LogP) is 2.26. The zero-order chi connectivity index (χ0) is 11.1. The first kappa shape index (κ1) is 12.3. The molecule has 86 valence electrons. The van der Waals surface area contributed by atoms with Crippen molar-refractivity contribution in [3.05, 3.63) is 5.56 Å². The average molecular weight is 229 g/mol. The van der Waals surface area contributed by atoms with E-state index >= 15 is 0 Å². The average Bonchev–Trinajstić information content (AvgIpc) is 2.54. The molecule has 1 aromatic heterocycles. The minimum Gasteiger partial charge on any atom is -0.383 e. The van der Waals surface area contributed by atoms with Crippen LogP contribution in [0.25, 0.3) is 0 Å². The summed E-state index contributed by atoms with van der Waals surface area (Å²) >= 11 is 1.40. The van der Waals surface area contributed by atoms with Gasteiger partial charge < -0.3 is 15.8 Å². The normalized spacial score (nSPS) is 10.5. The predicted molar refractivity (Wildman–Crippen MR) is 65.5 cm³/mol. The first-order valence-corrected chi connectivity index (χ1v) is 6.06. The SMILES string of the molecule is CCCCOCCNc1snc(N)c1C. The first-order chi connectivity index (χ1) is 7.25. The van der Waals surface area contributed by atoms with Crippen LogP contribution in [-0.2, 0) is 4.74 Å². The van der Waals surface area contributed by atoms with Gasteiger partial charge in [-0.2, -0.15) is 4.37 Å². The Hall–Kier alpha value is -0.810. The molecule has 0 atom stereocenters. The van der Waals surface area contributed by atoms with E-state index in [1.54, 1.807) is 0 Å². The van der Waals surface area contributed by atoms with Crippen molar-refractivity contribution < 1.29 is 4.74 Å². The van der Waals surface area contributed by atoms with Crippen molar-refractivity contribution >= 4 is 22.4 Å². The van der Waals surface area contributed by atoms with Gasteiger partial charge in [0.05, 0.1) is 6.61 Å². The van der Waals surface area contributed by atoms with E-state index in [1.807, 2.05) is 6.92 Å². The molecular formula is C10H19N3OS. The maximum absolute atomic E-state index is 5.64. The van der Waals surface area contributed by atoms with Gasteiger partial charge in [0.1, 0.15) is 10.8 Å². The summed E-state index contributed by atoms with van der Waals surface area (Å²) in [5.74, 6) is 0.620. The summed E-state index contributed by atoms with van der Waals surface area (Å²) in [6.07, 6.45) is 2.31. The van der Waals surface area contributed by atoms with E-state index < -0.39 is 0 Å². The molecule has 0 aliphatic rings. The number of anilines is 2. The highest BCUT2D eigenvalue weighted by atomic mass is 32.1.